The quantitative estimate of drug-likeness (QED) is 0.501. The van der Waals surface area contributed by atoms with Crippen LogP contribution in [0.4, 0.5) is 5.69 Å². The van der Waals surface area contributed by atoms with E-state index in [9.17, 15) is 8.42 Å². The molecule has 0 amide bonds. The maximum atomic E-state index is 12.9. The third-order valence-corrected chi connectivity index (χ3v) is 6.96. The molecule has 5 heteroatoms. The lowest BCUT2D eigenvalue weighted by molar-refractivity contribution is 0.426. The zero-order valence-electron chi connectivity index (χ0n) is 15.6. The summed E-state index contributed by atoms with van der Waals surface area (Å²) in [6.07, 6.45) is 3.06. The molecule has 142 valence electrons. The van der Waals surface area contributed by atoms with E-state index in [2.05, 4.69) is 11.6 Å². The first-order valence-electron chi connectivity index (χ1n) is 9.55. The minimum Gasteiger partial charge on any atom is -0.461 e. The van der Waals surface area contributed by atoms with Crippen molar-refractivity contribution in [1.82, 2.24) is 0 Å². The molecule has 1 unspecified atom stereocenters. The standard InChI is InChI=1S/C23H21NO3S/c1-15-6-10-20-21-14-18(8-11-22(21)27-23(20)12-15)24-28(25,26)19-9-7-16-4-2-3-5-17(16)13-19/h2-5,7-9,11,13-15,24H,6,10,12H2,1H3. The lowest BCUT2D eigenvalue weighted by Gasteiger charge is -2.16. The number of aryl methyl sites for hydroxylation is 1. The Hall–Kier alpha value is -2.79. The Bertz CT molecular complexity index is 1300. The molecule has 3 aromatic carbocycles. The Labute approximate surface area is 164 Å². The van der Waals surface area contributed by atoms with Gasteiger partial charge in [-0.25, -0.2) is 8.42 Å². The van der Waals surface area contributed by atoms with Gasteiger partial charge in [-0.15, -0.1) is 0 Å². The molecule has 4 nitrogen and oxygen atoms in total. The topological polar surface area (TPSA) is 59.3 Å². The second-order valence-corrected chi connectivity index (χ2v) is 9.36. The van der Waals surface area contributed by atoms with Crippen molar-refractivity contribution in [3.05, 3.63) is 72.0 Å². The number of rotatable bonds is 3. The summed E-state index contributed by atoms with van der Waals surface area (Å²) in [5.41, 5.74) is 2.61. The van der Waals surface area contributed by atoms with Crippen LogP contribution in [0.3, 0.4) is 0 Å². The SMILES string of the molecule is CC1CCc2c(oc3ccc(NS(=O)(=O)c4ccc5ccccc5c4)cc23)C1. The molecule has 0 saturated heterocycles. The van der Waals surface area contributed by atoms with Crippen molar-refractivity contribution in [3.63, 3.8) is 0 Å². The van der Waals surface area contributed by atoms with E-state index < -0.39 is 10.0 Å². The van der Waals surface area contributed by atoms with E-state index in [4.69, 9.17) is 4.42 Å². The maximum absolute atomic E-state index is 12.9. The van der Waals surface area contributed by atoms with Crippen LogP contribution in [0, 0.1) is 5.92 Å². The molecular formula is C23H21NO3S. The van der Waals surface area contributed by atoms with Crippen molar-refractivity contribution in [3.8, 4) is 0 Å². The van der Waals surface area contributed by atoms with E-state index in [-0.39, 0.29) is 4.90 Å². The highest BCUT2D eigenvalue weighted by atomic mass is 32.2. The van der Waals surface area contributed by atoms with E-state index in [1.165, 1.54) is 5.56 Å². The van der Waals surface area contributed by atoms with E-state index in [1.54, 1.807) is 18.2 Å². The predicted octanol–water partition coefficient (Wildman–Crippen LogP) is 5.51. The van der Waals surface area contributed by atoms with Gasteiger partial charge in [0.1, 0.15) is 11.3 Å². The predicted molar refractivity (Wildman–Crippen MR) is 112 cm³/mol. The van der Waals surface area contributed by atoms with Gasteiger partial charge in [0.15, 0.2) is 0 Å². The molecule has 1 N–H and O–H groups in total. The molecule has 0 bridgehead atoms. The van der Waals surface area contributed by atoms with Crippen LogP contribution in [0.5, 0.6) is 0 Å². The van der Waals surface area contributed by atoms with Crippen LogP contribution in [0.1, 0.15) is 24.7 Å². The molecule has 0 aliphatic heterocycles. The fourth-order valence-electron chi connectivity index (χ4n) is 4.06. The molecule has 0 fully saturated rings. The Morgan fingerprint density at radius 3 is 2.68 bits per heavy atom. The van der Waals surface area contributed by atoms with Gasteiger partial charge in [0.05, 0.1) is 4.90 Å². The van der Waals surface area contributed by atoms with Crippen molar-refractivity contribution in [2.45, 2.75) is 31.1 Å². The monoisotopic (exact) mass is 391 g/mol. The number of furan rings is 1. The van der Waals surface area contributed by atoms with Crippen LogP contribution < -0.4 is 4.72 Å². The summed E-state index contributed by atoms with van der Waals surface area (Å²) in [5.74, 6) is 1.67. The first-order chi connectivity index (χ1) is 13.5. The lowest BCUT2D eigenvalue weighted by Crippen LogP contribution is -2.13. The van der Waals surface area contributed by atoms with Gasteiger partial charge < -0.3 is 4.42 Å². The van der Waals surface area contributed by atoms with Gasteiger partial charge in [0.25, 0.3) is 10.0 Å². The summed E-state index contributed by atoms with van der Waals surface area (Å²) in [5, 5.41) is 2.93. The van der Waals surface area contributed by atoms with Gasteiger partial charge in [-0.3, -0.25) is 4.72 Å². The maximum Gasteiger partial charge on any atom is 0.261 e. The van der Waals surface area contributed by atoms with Crippen LogP contribution in [0.2, 0.25) is 0 Å². The number of hydrogen-bond donors (Lipinski definition) is 1. The molecule has 1 heterocycles. The minimum absolute atomic E-state index is 0.259. The number of anilines is 1. The summed E-state index contributed by atoms with van der Waals surface area (Å²) in [7, 11) is -3.67. The molecule has 1 atom stereocenters. The molecule has 0 saturated carbocycles. The zero-order chi connectivity index (χ0) is 19.3. The highest BCUT2D eigenvalue weighted by Crippen LogP contribution is 2.35. The van der Waals surface area contributed by atoms with E-state index >= 15 is 0 Å². The summed E-state index contributed by atoms with van der Waals surface area (Å²) < 4.78 is 34.6. The number of nitrogens with one attached hydrogen (secondary N) is 1. The summed E-state index contributed by atoms with van der Waals surface area (Å²) in [6.45, 7) is 2.24. The normalized spacial score (nSPS) is 17.0. The van der Waals surface area contributed by atoms with Gasteiger partial charge in [0, 0.05) is 23.1 Å². The fourth-order valence-corrected chi connectivity index (χ4v) is 5.14. The van der Waals surface area contributed by atoms with Gasteiger partial charge in [-0.1, -0.05) is 37.3 Å². The largest absolute Gasteiger partial charge is 0.461 e. The number of sulfonamides is 1. The third-order valence-electron chi connectivity index (χ3n) is 5.58. The van der Waals surface area contributed by atoms with Crippen LogP contribution >= 0.6 is 0 Å². The summed E-state index contributed by atoms with van der Waals surface area (Å²) >= 11 is 0. The zero-order valence-corrected chi connectivity index (χ0v) is 16.4. The number of hydrogen-bond acceptors (Lipinski definition) is 3. The average molecular weight is 391 g/mol. The van der Waals surface area contributed by atoms with Crippen LogP contribution in [-0.2, 0) is 22.9 Å². The van der Waals surface area contributed by atoms with Crippen molar-refractivity contribution >= 4 is 37.5 Å². The molecule has 0 spiro atoms. The molecular weight excluding hydrogens is 370 g/mol. The Kier molecular flexibility index (Phi) is 3.95. The summed E-state index contributed by atoms with van der Waals surface area (Å²) in [4.78, 5) is 0.259. The first kappa shape index (κ1) is 17.3. The minimum atomic E-state index is -3.67. The molecule has 1 aliphatic rings. The Morgan fingerprint density at radius 2 is 1.82 bits per heavy atom. The molecule has 0 radical (unpaired) electrons. The van der Waals surface area contributed by atoms with Crippen LogP contribution in [0.15, 0.2) is 70.0 Å². The van der Waals surface area contributed by atoms with Crippen molar-refractivity contribution < 1.29 is 12.8 Å². The number of benzene rings is 3. The van der Waals surface area contributed by atoms with Crippen molar-refractivity contribution in [2.75, 3.05) is 4.72 Å². The summed E-state index contributed by atoms with van der Waals surface area (Å²) in [6, 6.07) is 18.4. The van der Waals surface area contributed by atoms with E-state index in [1.807, 2.05) is 42.5 Å². The van der Waals surface area contributed by atoms with Gasteiger partial charge in [-0.2, -0.15) is 0 Å². The van der Waals surface area contributed by atoms with E-state index in [0.29, 0.717) is 11.6 Å². The highest BCUT2D eigenvalue weighted by molar-refractivity contribution is 7.92. The first-order valence-corrected chi connectivity index (χ1v) is 11.0. The van der Waals surface area contributed by atoms with Crippen LogP contribution in [-0.4, -0.2) is 8.42 Å². The van der Waals surface area contributed by atoms with Gasteiger partial charge in [0.2, 0.25) is 0 Å². The van der Waals surface area contributed by atoms with Gasteiger partial charge >= 0.3 is 0 Å². The van der Waals surface area contributed by atoms with Gasteiger partial charge in [-0.05, 0) is 59.9 Å². The highest BCUT2D eigenvalue weighted by Gasteiger charge is 2.22. The van der Waals surface area contributed by atoms with E-state index in [0.717, 1.165) is 46.8 Å². The molecule has 1 aromatic heterocycles. The van der Waals surface area contributed by atoms with Crippen LogP contribution in [0.25, 0.3) is 21.7 Å². The second kappa shape index (κ2) is 6.38. The smallest absolute Gasteiger partial charge is 0.261 e. The average Bonchev–Trinajstić information content (AvgIpc) is 3.04. The molecule has 28 heavy (non-hydrogen) atoms. The Balaban J connectivity index is 1.51. The Morgan fingerprint density at radius 1 is 1.00 bits per heavy atom. The second-order valence-electron chi connectivity index (χ2n) is 7.68. The lowest BCUT2D eigenvalue weighted by atomic mass is 9.88. The molecule has 5 rings (SSSR count). The molecule has 1 aliphatic carbocycles. The molecule has 4 aromatic rings. The number of fused-ring (bicyclic) bond motifs is 4. The van der Waals surface area contributed by atoms with Crippen molar-refractivity contribution in [1.29, 1.82) is 0 Å². The third kappa shape index (κ3) is 2.96. The van der Waals surface area contributed by atoms with Crippen molar-refractivity contribution in [2.24, 2.45) is 5.92 Å². The fraction of sp³-hybridized carbons (Fsp3) is 0.217.